The van der Waals surface area contributed by atoms with Crippen LogP contribution in [0, 0.1) is 12.8 Å². The van der Waals surface area contributed by atoms with Gasteiger partial charge in [0.15, 0.2) is 0 Å². The second-order valence-corrected chi connectivity index (χ2v) is 11.2. The Hall–Kier alpha value is 0. The first-order chi connectivity index (χ1) is 16.3. The summed E-state index contributed by atoms with van der Waals surface area (Å²) in [6.45, 7) is 8.86. The Bertz CT molecular complexity index is 290. The van der Waals surface area contributed by atoms with Crippen LogP contribution < -0.4 is 0 Å². The van der Waals surface area contributed by atoms with Crippen molar-refractivity contribution in [1.29, 1.82) is 0 Å². The average molecular weight is 464 g/mol. The van der Waals surface area contributed by atoms with E-state index < -0.39 is 0 Å². The molecule has 199 valence electrons. The van der Waals surface area contributed by atoms with E-state index in [0.29, 0.717) is 0 Å². The molecule has 0 unspecified atom stereocenters. The zero-order chi connectivity index (χ0) is 24.1. The van der Waals surface area contributed by atoms with Crippen LogP contribution in [-0.4, -0.2) is 0 Å². The Morgan fingerprint density at radius 2 is 0.545 bits per heavy atom. The molecule has 0 saturated heterocycles. The molecule has 0 fully saturated rings. The maximum absolute atomic E-state index is 4.25. The highest BCUT2D eigenvalue weighted by Gasteiger charge is 2.06. The fourth-order valence-electron chi connectivity index (χ4n) is 5.33. The fourth-order valence-corrected chi connectivity index (χ4v) is 5.33. The number of unbranched alkanes of at least 4 members (excludes halogenated alkanes) is 24. The molecule has 0 nitrogen and oxygen atoms in total. The summed E-state index contributed by atoms with van der Waals surface area (Å²) in [5, 5.41) is 0. The highest BCUT2D eigenvalue weighted by Crippen LogP contribution is 2.22. The van der Waals surface area contributed by atoms with Crippen LogP contribution in [0.3, 0.4) is 0 Å². The smallest absolute Gasteiger partial charge is 0.0414 e. The van der Waals surface area contributed by atoms with Crippen LogP contribution >= 0.6 is 0 Å². The van der Waals surface area contributed by atoms with Gasteiger partial charge in [-0.15, -0.1) is 0 Å². The third kappa shape index (κ3) is 28.1. The Labute approximate surface area is 212 Å². The fraction of sp³-hybridized carbons (Fsp3) is 0.970. The van der Waals surface area contributed by atoms with Crippen molar-refractivity contribution < 1.29 is 0 Å². The van der Waals surface area contributed by atoms with Crippen molar-refractivity contribution >= 4 is 0 Å². The van der Waals surface area contributed by atoms with Gasteiger partial charge in [-0.05, 0) is 5.92 Å². The maximum atomic E-state index is 4.25. The molecule has 0 aromatic carbocycles. The predicted octanol–water partition coefficient (Wildman–Crippen LogP) is 12.8. The van der Waals surface area contributed by atoms with Gasteiger partial charge in [0, 0.05) is 0 Å². The second-order valence-electron chi connectivity index (χ2n) is 11.2. The molecule has 0 saturated carbocycles. The van der Waals surface area contributed by atoms with Gasteiger partial charge >= 0.3 is 0 Å². The maximum Gasteiger partial charge on any atom is -0.0414 e. The van der Waals surface area contributed by atoms with E-state index in [0.717, 1.165) is 12.3 Å². The highest BCUT2D eigenvalue weighted by molar-refractivity contribution is 4.62. The van der Waals surface area contributed by atoms with Crippen LogP contribution in [-0.2, 0) is 0 Å². The summed E-state index contributed by atoms with van der Waals surface area (Å²) in [6.07, 6.45) is 42.1. The molecule has 0 bridgehead atoms. The van der Waals surface area contributed by atoms with E-state index in [9.17, 15) is 0 Å². The molecule has 0 rings (SSSR count). The monoisotopic (exact) mass is 464 g/mol. The average Bonchev–Trinajstić information content (AvgIpc) is 2.83. The van der Waals surface area contributed by atoms with E-state index in [-0.39, 0.29) is 0 Å². The van der Waals surface area contributed by atoms with Crippen LogP contribution in [0.25, 0.3) is 0 Å². The minimum atomic E-state index is 0.908. The van der Waals surface area contributed by atoms with Gasteiger partial charge in [0.25, 0.3) is 0 Å². The van der Waals surface area contributed by atoms with Crippen LogP contribution in [0.1, 0.15) is 200 Å². The molecule has 33 heavy (non-hydrogen) atoms. The Balaban J connectivity index is 3.26. The van der Waals surface area contributed by atoms with Crippen LogP contribution in [0.5, 0.6) is 0 Å². The van der Waals surface area contributed by atoms with E-state index in [2.05, 4.69) is 20.8 Å². The normalized spacial score (nSPS) is 11.6. The molecule has 0 aliphatic rings. The summed E-state index contributed by atoms with van der Waals surface area (Å²) in [4.78, 5) is 0. The largest absolute Gasteiger partial charge is 0.0654 e. The molecule has 0 amide bonds. The third-order valence-corrected chi connectivity index (χ3v) is 7.84. The van der Waals surface area contributed by atoms with Gasteiger partial charge < -0.3 is 0 Å². The lowest BCUT2D eigenvalue weighted by Crippen LogP contribution is -1.99. The lowest BCUT2D eigenvalue weighted by molar-refractivity contribution is 0.404. The molecule has 0 heteroatoms. The quantitative estimate of drug-likeness (QED) is 0.0967. The number of hydrogen-bond donors (Lipinski definition) is 0. The van der Waals surface area contributed by atoms with E-state index in [1.54, 1.807) is 0 Å². The minimum absolute atomic E-state index is 0.908. The van der Waals surface area contributed by atoms with Gasteiger partial charge in [0.2, 0.25) is 0 Å². The molecule has 0 aliphatic carbocycles. The molecule has 0 aromatic rings. The molecule has 1 radical (unpaired) electrons. The van der Waals surface area contributed by atoms with Crippen molar-refractivity contribution in [2.75, 3.05) is 0 Å². The highest BCUT2D eigenvalue weighted by atomic mass is 14.1. The Morgan fingerprint density at radius 3 is 0.758 bits per heavy atom. The van der Waals surface area contributed by atoms with Crippen molar-refractivity contribution in [1.82, 2.24) is 0 Å². The van der Waals surface area contributed by atoms with Crippen LogP contribution in [0.15, 0.2) is 0 Å². The predicted molar refractivity (Wildman–Crippen MR) is 154 cm³/mol. The first kappa shape index (κ1) is 33.0. The zero-order valence-electron chi connectivity index (χ0n) is 23.8. The molecule has 0 spiro atoms. The van der Waals surface area contributed by atoms with Gasteiger partial charge in [-0.3, -0.25) is 0 Å². The van der Waals surface area contributed by atoms with Crippen LogP contribution in [0.2, 0.25) is 0 Å². The first-order valence-electron chi connectivity index (χ1n) is 16.1. The zero-order valence-corrected chi connectivity index (χ0v) is 23.8. The van der Waals surface area contributed by atoms with Gasteiger partial charge in [-0.1, -0.05) is 207 Å². The second kappa shape index (κ2) is 30.0. The SMILES string of the molecule is [CH2]CC(CCCCCCCCCCCCCCC)CCCCCCCCCCCCCCC. The molecule has 0 atom stereocenters. The van der Waals surface area contributed by atoms with E-state index in [4.69, 9.17) is 0 Å². The van der Waals surface area contributed by atoms with Gasteiger partial charge in [0.05, 0.1) is 0 Å². The van der Waals surface area contributed by atoms with E-state index >= 15 is 0 Å². The summed E-state index contributed by atoms with van der Waals surface area (Å²) in [7, 11) is 0. The summed E-state index contributed by atoms with van der Waals surface area (Å²) in [5.41, 5.74) is 0. The molecule has 0 N–H and O–H groups in total. The molecular weight excluding hydrogens is 396 g/mol. The Kier molecular flexibility index (Phi) is 30.0. The van der Waals surface area contributed by atoms with Crippen molar-refractivity contribution in [3.8, 4) is 0 Å². The van der Waals surface area contributed by atoms with Gasteiger partial charge in [0.1, 0.15) is 0 Å². The Morgan fingerprint density at radius 1 is 0.333 bits per heavy atom. The lowest BCUT2D eigenvalue weighted by Gasteiger charge is -2.14. The van der Waals surface area contributed by atoms with Crippen molar-refractivity contribution in [2.45, 2.75) is 200 Å². The summed E-state index contributed by atoms with van der Waals surface area (Å²) in [5.74, 6) is 0.908. The first-order valence-corrected chi connectivity index (χ1v) is 16.1. The summed E-state index contributed by atoms with van der Waals surface area (Å²) in [6, 6.07) is 0. The summed E-state index contributed by atoms with van der Waals surface area (Å²) < 4.78 is 0. The standard InChI is InChI=1S/C33H67/c1-4-7-9-11-13-15-17-19-21-23-25-27-29-31-33(6-3)32-30-28-26-24-22-20-18-16-14-12-10-8-5-2/h33H,3-32H2,1-2H3. The van der Waals surface area contributed by atoms with Crippen molar-refractivity contribution in [3.05, 3.63) is 6.92 Å². The van der Waals surface area contributed by atoms with Crippen molar-refractivity contribution in [3.63, 3.8) is 0 Å². The van der Waals surface area contributed by atoms with Crippen molar-refractivity contribution in [2.24, 2.45) is 5.92 Å². The molecule has 0 heterocycles. The van der Waals surface area contributed by atoms with E-state index in [1.807, 2.05) is 0 Å². The van der Waals surface area contributed by atoms with Gasteiger partial charge in [-0.2, -0.15) is 0 Å². The lowest BCUT2D eigenvalue weighted by atomic mass is 9.92. The van der Waals surface area contributed by atoms with E-state index in [1.165, 1.54) is 180 Å². The summed E-state index contributed by atoms with van der Waals surface area (Å²) >= 11 is 0. The topological polar surface area (TPSA) is 0 Å². The van der Waals surface area contributed by atoms with Gasteiger partial charge in [-0.25, -0.2) is 0 Å². The van der Waals surface area contributed by atoms with Crippen LogP contribution in [0.4, 0.5) is 0 Å². The minimum Gasteiger partial charge on any atom is -0.0654 e. The molecular formula is C33H67. The number of hydrogen-bond acceptors (Lipinski definition) is 0. The molecule has 0 aliphatic heterocycles. The number of rotatable bonds is 29. The molecule has 0 aromatic heterocycles. The third-order valence-electron chi connectivity index (χ3n) is 7.84.